The Kier molecular flexibility index (Phi) is 5.20. The fraction of sp³-hybridized carbons (Fsp3) is 0.500. The smallest absolute Gasteiger partial charge is 0.408 e. The van der Waals surface area contributed by atoms with Crippen LogP contribution in [0.25, 0.3) is 0 Å². The number of nitrogens with one attached hydrogen (secondary N) is 1. The van der Waals surface area contributed by atoms with Crippen molar-refractivity contribution in [3.63, 3.8) is 0 Å². The van der Waals surface area contributed by atoms with Gasteiger partial charge in [0.05, 0.1) is 4.34 Å². The molecule has 0 saturated heterocycles. The normalized spacial score (nSPS) is 12.8. The van der Waals surface area contributed by atoms with Gasteiger partial charge in [0.1, 0.15) is 11.6 Å². The van der Waals surface area contributed by atoms with Gasteiger partial charge in [-0.2, -0.15) is 0 Å². The van der Waals surface area contributed by atoms with Gasteiger partial charge in [0.2, 0.25) is 0 Å². The zero-order valence-electron chi connectivity index (χ0n) is 10.9. The SMILES string of the molecule is CC(C)(C)OC(=O)NC(Cc1ccc(Cl)s1)C(=O)O. The van der Waals surface area contributed by atoms with E-state index in [-0.39, 0.29) is 6.42 Å². The lowest BCUT2D eigenvalue weighted by Gasteiger charge is -2.21. The van der Waals surface area contributed by atoms with Crippen molar-refractivity contribution in [3.05, 3.63) is 21.3 Å². The number of alkyl carbamates (subject to hydrolysis) is 1. The van der Waals surface area contributed by atoms with Gasteiger partial charge in [-0.3, -0.25) is 0 Å². The van der Waals surface area contributed by atoms with Crippen LogP contribution in [-0.2, 0) is 16.0 Å². The Morgan fingerprint density at radius 1 is 1.47 bits per heavy atom. The van der Waals surface area contributed by atoms with Crippen LogP contribution in [0, 0.1) is 0 Å². The van der Waals surface area contributed by atoms with Crippen LogP contribution < -0.4 is 5.32 Å². The Morgan fingerprint density at radius 3 is 2.53 bits per heavy atom. The summed E-state index contributed by atoms with van der Waals surface area (Å²) in [7, 11) is 0. The van der Waals surface area contributed by atoms with Crippen molar-refractivity contribution in [2.45, 2.75) is 38.8 Å². The number of hydrogen-bond acceptors (Lipinski definition) is 4. The third kappa shape index (κ3) is 5.94. The Balaban J connectivity index is 2.63. The molecule has 1 amide bonds. The first-order chi connectivity index (χ1) is 8.67. The van der Waals surface area contributed by atoms with Crippen molar-refractivity contribution in [2.24, 2.45) is 0 Å². The quantitative estimate of drug-likeness (QED) is 0.897. The number of carboxylic acids is 1. The van der Waals surface area contributed by atoms with Crippen LogP contribution in [-0.4, -0.2) is 28.8 Å². The second-order valence-electron chi connectivity index (χ2n) is 4.95. The average molecular weight is 306 g/mol. The summed E-state index contributed by atoms with van der Waals surface area (Å²) in [5.74, 6) is -1.12. The van der Waals surface area contributed by atoms with E-state index >= 15 is 0 Å². The molecular formula is C12H16ClNO4S. The van der Waals surface area contributed by atoms with E-state index in [1.165, 1.54) is 11.3 Å². The molecule has 0 radical (unpaired) electrons. The number of ether oxygens (including phenoxy) is 1. The topological polar surface area (TPSA) is 75.6 Å². The molecule has 1 atom stereocenters. The molecule has 0 aliphatic rings. The number of halogens is 1. The molecule has 0 aliphatic heterocycles. The highest BCUT2D eigenvalue weighted by molar-refractivity contribution is 7.16. The Labute approximate surface area is 120 Å². The maximum atomic E-state index is 11.5. The van der Waals surface area contributed by atoms with Gasteiger partial charge in [-0.15, -0.1) is 11.3 Å². The summed E-state index contributed by atoms with van der Waals surface area (Å²) in [6.07, 6.45) is -0.575. The Bertz CT molecular complexity index is 467. The third-order valence-corrected chi connectivity index (χ3v) is 3.28. The second kappa shape index (κ2) is 6.25. The molecule has 0 spiro atoms. The standard InChI is InChI=1S/C12H16ClNO4S/c1-12(2,3)18-11(17)14-8(10(15)16)6-7-4-5-9(13)19-7/h4-5,8H,6H2,1-3H3,(H,14,17)(H,15,16). The Morgan fingerprint density at radius 2 is 2.11 bits per heavy atom. The maximum Gasteiger partial charge on any atom is 0.408 e. The molecule has 1 aromatic heterocycles. The second-order valence-corrected chi connectivity index (χ2v) is 6.75. The van der Waals surface area contributed by atoms with E-state index in [1.807, 2.05) is 0 Å². The minimum absolute atomic E-state index is 0.173. The van der Waals surface area contributed by atoms with Gasteiger partial charge in [0, 0.05) is 11.3 Å². The summed E-state index contributed by atoms with van der Waals surface area (Å²) >= 11 is 7.06. The number of aliphatic carboxylic acids is 1. The largest absolute Gasteiger partial charge is 0.480 e. The molecular weight excluding hydrogens is 290 g/mol. The van der Waals surface area contributed by atoms with Crippen LogP contribution in [0.5, 0.6) is 0 Å². The molecule has 2 N–H and O–H groups in total. The minimum atomic E-state index is -1.12. The summed E-state index contributed by atoms with van der Waals surface area (Å²) in [5.41, 5.74) is -0.667. The van der Waals surface area contributed by atoms with Gasteiger partial charge >= 0.3 is 12.1 Å². The molecule has 1 unspecified atom stereocenters. The molecule has 5 nitrogen and oxygen atoms in total. The van der Waals surface area contributed by atoms with Crippen LogP contribution >= 0.6 is 22.9 Å². The van der Waals surface area contributed by atoms with Crippen molar-refractivity contribution < 1.29 is 19.4 Å². The number of carbonyl (C=O) groups is 2. The van der Waals surface area contributed by atoms with Crippen molar-refractivity contribution in [1.82, 2.24) is 5.32 Å². The predicted octanol–water partition coefficient (Wildman–Crippen LogP) is 2.92. The highest BCUT2D eigenvalue weighted by Gasteiger charge is 2.24. The molecule has 0 saturated carbocycles. The number of rotatable bonds is 4. The lowest BCUT2D eigenvalue weighted by Crippen LogP contribution is -2.44. The van der Waals surface area contributed by atoms with Crippen LogP contribution in [0.3, 0.4) is 0 Å². The number of amides is 1. The zero-order chi connectivity index (χ0) is 14.6. The van der Waals surface area contributed by atoms with Crippen molar-refractivity contribution >= 4 is 35.0 Å². The average Bonchev–Trinajstić information content (AvgIpc) is 2.60. The summed E-state index contributed by atoms with van der Waals surface area (Å²) in [6, 6.07) is 2.39. The fourth-order valence-electron chi connectivity index (χ4n) is 1.31. The highest BCUT2D eigenvalue weighted by Crippen LogP contribution is 2.22. The third-order valence-electron chi connectivity index (χ3n) is 2.02. The van der Waals surface area contributed by atoms with E-state index in [9.17, 15) is 9.59 Å². The Hall–Kier alpha value is -1.27. The number of thiophene rings is 1. The zero-order valence-corrected chi connectivity index (χ0v) is 12.5. The van der Waals surface area contributed by atoms with Gasteiger partial charge in [-0.05, 0) is 32.9 Å². The van der Waals surface area contributed by atoms with Crippen LogP contribution in [0.15, 0.2) is 12.1 Å². The monoisotopic (exact) mass is 305 g/mol. The van der Waals surface area contributed by atoms with Crippen molar-refractivity contribution in [1.29, 1.82) is 0 Å². The molecule has 1 aromatic rings. The van der Waals surface area contributed by atoms with Gasteiger partial charge in [0.25, 0.3) is 0 Å². The van der Waals surface area contributed by atoms with Crippen LogP contribution in [0.1, 0.15) is 25.6 Å². The lowest BCUT2D eigenvalue weighted by molar-refractivity contribution is -0.139. The van der Waals surface area contributed by atoms with E-state index in [0.29, 0.717) is 4.34 Å². The van der Waals surface area contributed by atoms with Crippen LogP contribution in [0.4, 0.5) is 4.79 Å². The minimum Gasteiger partial charge on any atom is -0.480 e. The fourth-order valence-corrected chi connectivity index (χ4v) is 2.45. The first kappa shape index (κ1) is 15.8. The molecule has 19 heavy (non-hydrogen) atoms. The maximum absolute atomic E-state index is 11.5. The molecule has 0 aliphatic carbocycles. The number of carboxylic acid groups (broad SMARTS) is 1. The van der Waals surface area contributed by atoms with Gasteiger partial charge in [-0.25, -0.2) is 9.59 Å². The van der Waals surface area contributed by atoms with E-state index < -0.39 is 23.7 Å². The van der Waals surface area contributed by atoms with Crippen molar-refractivity contribution in [2.75, 3.05) is 0 Å². The first-order valence-corrected chi connectivity index (χ1v) is 6.83. The predicted molar refractivity (Wildman–Crippen MR) is 73.8 cm³/mol. The molecule has 0 aromatic carbocycles. The van der Waals surface area contributed by atoms with E-state index in [0.717, 1.165) is 4.88 Å². The van der Waals surface area contributed by atoms with Gasteiger partial charge in [0.15, 0.2) is 0 Å². The molecule has 1 rings (SSSR count). The highest BCUT2D eigenvalue weighted by atomic mass is 35.5. The molecule has 1 heterocycles. The van der Waals surface area contributed by atoms with Crippen LogP contribution in [0.2, 0.25) is 4.34 Å². The van der Waals surface area contributed by atoms with E-state index in [4.69, 9.17) is 21.4 Å². The molecule has 106 valence electrons. The number of carbonyl (C=O) groups excluding carboxylic acids is 1. The molecule has 0 bridgehead atoms. The van der Waals surface area contributed by atoms with Gasteiger partial charge in [-0.1, -0.05) is 11.6 Å². The van der Waals surface area contributed by atoms with Gasteiger partial charge < -0.3 is 15.2 Å². The summed E-state index contributed by atoms with van der Waals surface area (Å²) in [6.45, 7) is 5.13. The van der Waals surface area contributed by atoms with Crippen molar-refractivity contribution in [3.8, 4) is 0 Å². The summed E-state index contributed by atoms with van der Waals surface area (Å²) in [4.78, 5) is 23.4. The first-order valence-electron chi connectivity index (χ1n) is 5.64. The lowest BCUT2D eigenvalue weighted by atomic mass is 10.2. The molecule has 7 heteroatoms. The summed E-state index contributed by atoms with van der Waals surface area (Å²) in [5, 5.41) is 11.4. The van der Waals surface area contributed by atoms with E-state index in [2.05, 4.69) is 5.32 Å². The van der Waals surface area contributed by atoms with E-state index in [1.54, 1.807) is 32.9 Å². The summed E-state index contributed by atoms with van der Waals surface area (Å²) < 4.78 is 5.61. The number of hydrogen-bond donors (Lipinski definition) is 2. The molecule has 0 fully saturated rings.